The molecule has 0 bridgehead atoms. The highest BCUT2D eigenvalue weighted by atomic mass is 35.5. The lowest BCUT2D eigenvalue weighted by Crippen LogP contribution is -2.53. The molecule has 2 aliphatic carbocycles. The van der Waals surface area contributed by atoms with Crippen molar-refractivity contribution in [3.8, 4) is 0 Å². The fourth-order valence-electron chi connectivity index (χ4n) is 3.83. The van der Waals surface area contributed by atoms with E-state index in [2.05, 4.69) is 10.6 Å². The highest BCUT2D eigenvalue weighted by Gasteiger charge is 2.34. The molecular formula is C17H32ClN3O2. The second-order valence-electron chi connectivity index (χ2n) is 7.19. The van der Waals surface area contributed by atoms with Gasteiger partial charge in [-0.1, -0.05) is 32.1 Å². The second kappa shape index (κ2) is 9.48. The molecule has 0 aromatic rings. The van der Waals surface area contributed by atoms with E-state index < -0.39 is 0 Å². The zero-order valence-electron chi connectivity index (χ0n) is 14.2. The van der Waals surface area contributed by atoms with Gasteiger partial charge in [0.1, 0.15) is 0 Å². The van der Waals surface area contributed by atoms with E-state index in [4.69, 9.17) is 5.73 Å². The van der Waals surface area contributed by atoms with Gasteiger partial charge in [0, 0.05) is 24.9 Å². The van der Waals surface area contributed by atoms with E-state index in [0.29, 0.717) is 13.0 Å². The van der Waals surface area contributed by atoms with Gasteiger partial charge in [-0.15, -0.1) is 12.4 Å². The Morgan fingerprint density at radius 2 is 1.74 bits per heavy atom. The molecule has 5 nitrogen and oxygen atoms in total. The number of carbonyl (C=O) groups is 2. The maximum atomic E-state index is 12.2. The molecule has 1 unspecified atom stereocenters. The summed E-state index contributed by atoms with van der Waals surface area (Å²) in [6.45, 7) is 2.41. The summed E-state index contributed by atoms with van der Waals surface area (Å²) in [6, 6.07) is -0.120. The molecule has 2 fully saturated rings. The highest BCUT2D eigenvalue weighted by molar-refractivity contribution is 5.85. The Morgan fingerprint density at radius 1 is 1.13 bits per heavy atom. The first-order chi connectivity index (χ1) is 10.5. The quantitative estimate of drug-likeness (QED) is 0.690. The molecule has 0 heterocycles. The van der Waals surface area contributed by atoms with Crippen molar-refractivity contribution in [3.05, 3.63) is 0 Å². The molecule has 0 aliphatic heterocycles. The molecule has 6 heteroatoms. The van der Waals surface area contributed by atoms with E-state index in [1.165, 1.54) is 6.42 Å². The van der Waals surface area contributed by atoms with Crippen LogP contribution in [0.2, 0.25) is 0 Å². The van der Waals surface area contributed by atoms with Gasteiger partial charge in [0.15, 0.2) is 0 Å². The van der Waals surface area contributed by atoms with Crippen molar-refractivity contribution in [2.24, 2.45) is 11.7 Å². The lowest BCUT2D eigenvalue weighted by molar-refractivity contribution is -0.127. The summed E-state index contributed by atoms with van der Waals surface area (Å²) in [6.07, 6.45) is 10.0. The molecule has 1 atom stereocenters. The van der Waals surface area contributed by atoms with E-state index >= 15 is 0 Å². The van der Waals surface area contributed by atoms with E-state index in [1.54, 1.807) is 0 Å². The van der Waals surface area contributed by atoms with Gasteiger partial charge >= 0.3 is 0 Å². The maximum Gasteiger partial charge on any atom is 0.223 e. The van der Waals surface area contributed by atoms with Crippen molar-refractivity contribution >= 4 is 24.2 Å². The number of amides is 2. The molecule has 4 N–H and O–H groups in total. The molecule has 0 aromatic carbocycles. The number of carbonyl (C=O) groups excluding carboxylic acids is 2. The van der Waals surface area contributed by atoms with E-state index in [-0.39, 0.29) is 41.7 Å². The smallest absolute Gasteiger partial charge is 0.223 e. The van der Waals surface area contributed by atoms with Crippen LogP contribution in [0.5, 0.6) is 0 Å². The van der Waals surface area contributed by atoms with Crippen LogP contribution in [0.15, 0.2) is 0 Å². The van der Waals surface area contributed by atoms with Gasteiger partial charge < -0.3 is 16.4 Å². The topological polar surface area (TPSA) is 84.2 Å². The summed E-state index contributed by atoms with van der Waals surface area (Å²) in [7, 11) is 0. The Kier molecular flexibility index (Phi) is 8.34. The first-order valence-corrected chi connectivity index (χ1v) is 8.86. The lowest BCUT2D eigenvalue weighted by Gasteiger charge is -2.29. The highest BCUT2D eigenvalue weighted by Crippen LogP contribution is 2.28. The first kappa shape index (κ1) is 20.2. The van der Waals surface area contributed by atoms with E-state index in [1.807, 2.05) is 6.92 Å². The van der Waals surface area contributed by atoms with Gasteiger partial charge in [0.25, 0.3) is 0 Å². The van der Waals surface area contributed by atoms with Gasteiger partial charge in [0.2, 0.25) is 11.8 Å². The fraction of sp³-hybridized carbons (Fsp3) is 0.882. The van der Waals surface area contributed by atoms with Gasteiger partial charge in [0.05, 0.1) is 5.54 Å². The minimum Gasteiger partial charge on any atom is -0.353 e. The van der Waals surface area contributed by atoms with Gasteiger partial charge in [-0.2, -0.15) is 0 Å². The predicted molar refractivity (Wildman–Crippen MR) is 94.4 cm³/mol. The Hall–Kier alpha value is -0.810. The first-order valence-electron chi connectivity index (χ1n) is 8.86. The van der Waals surface area contributed by atoms with Gasteiger partial charge in [-0.3, -0.25) is 9.59 Å². The van der Waals surface area contributed by atoms with Crippen molar-refractivity contribution < 1.29 is 9.59 Å². The Bertz CT molecular complexity index is 391. The van der Waals surface area contributed by atoms with Crippen LogP contribution in [0.3, 0.4) is 0 Å². The zero-order valence-corrected chi connectivity index (χ0v) is 15.1. The summed E-state index contributed by atoms with van der Waals surface area (Å²) in [5, 5.41) is 6.12. The van der Waals surface area contributed by atoms with Crippen molar-refractivity contribution in [1.29, 1.82) is 0 Å². The number of halogens is 1. The molecule has 2 saturated carbocycles. The zero-order chi connectivity index (χ0) is 16.0. The average Bonchev–Trinajstić information content (AvgIpc) is 2.96. The van der Waals surface area contributed by atoms with E-state index in [0.717, 1.165) is 51.4 Å². The van der Waals surface area contributed by atoms with Crippen LogP contribution in [0, 0.1) is 5.92 Å². The molecule has 0 radical (unpaired) electrons. The standard InChI is InChI=1S/C17H31N3O2.ClH/c1-13(19-16(22)14-7-3-2-4-8-14)11-15(21)20-17(12-18)9-5-6-10-17;/h13-14H,2-12,18H2,1H3,(H,19,22)(H,20,21);1H. The fourth-order valence-corrected chi connectivity index (χ4v) is 3.83. The SMILES string of the molecule is CC(CC(=O)NC1(CN)CCCC1)NC(=O)C1CCCCC1.Cl. The number of nitrogens with one attached hydrogen (secondary N) is 2. The summed E-state index contributed by atoms with van der Waals surface area (Å²) in [5.41, 5.74) is 5.64. The number of rotatable bonds is 6. The van der Waals surface area contributed by atoms with Gasteiger partial charge in [-0.05, 0) is 32.6 Å². The second-order valence-corrected chi connectivity index (χ2v) is 7.19. The largest absolute Gasteiger partial charge is 0.353 e. The minimum atomic E-state index is -0.204. The summed E-state index contributed by atoms with van der Waals surface area (Å²) in [4.78, 5) is 24.4. The van der Waals surface area contributed by atoms with Crippen LogP contribution in [-0.2, 0) is 9.59 Å². The third kappa shape index (κ3) is 5.96. The molecule has 2 amide bonds. The molecule has 0 spiro atoms. The third-order valence-electron chi connectivity index (χ3n) is 5.21. The summed E-state index contributed by atoms with van der Waals surface area (Å²) >= 11 is 0. The number of hydrogen-bond donors (Lipinski definition) is 3. The van der Waals surface area contributed by atoms with Crippen molar-refractivity contribution in [3.63, 3.8) is 0 Å². The molecule has 0 saturated heterocycles. The molecule has 0 aromatic heterocycles. The van der Waals surface area contributed by atoms with Crippen LogP contribution in [-0.4, -0.2) is 29.9 Å². The molecular weight excluding hydrogens is 314 g/mol. The molecule has 2 aliphatic rings. The van der Waals surface area contributed by atoms with Crippen molar-refractivity contribution in [1.82, 2.24) is 10.6 Å². The minimum absolute atomic E-state index is 0. The van der Waals surface area contributed by atoms with Crippen LogP contribution < -0.4 is 16.4 Å². The van der Waals surface area contributed by atoms with Crippen LogP contribution in [0.25, 0.3) is 0 Å². The van der Waals surface area contributed by atoms with E-state index in [9.17, 15) is 9.59 Å². The van der Waals surface area contributed by atoms with Gasteiger partial charge in [-0.25, -0.2) is 0 Å². The summed E-state index contributed by atoms with van der Waals surface area (Å²) < 4.78 is 0. The summed E-state index contributed by atoms with van der Waals surface area (Å²) in [5.74, 6) is 0.266. The number of nitrogens with two attached hydrogens (primary N) is 1. The third-order valence-corrected chi connectivity index (χ3v) is 5.21. The Labute approximate surface area is 145 Å². The van der Waals surface area contributed by atoms with Crippen LogP contribution in [0.4, 0.5) is 0 Å². The Morgan fingerprint density at radius 3 is 2.30 bits per heavy atom. The maximum absolute atomic E-state index is 12.2. The molecule has 23 heavy (non-hydrogen) atoms. The van der Waals surface area contributed by atoms with Crippen LogP contribution in [0.1, 0.15) is 71.1 Å². The lowest BCUT2D eigenvalue weighted by atomic mass is 9.88. The monoisotopic (exact) mass is 345 g/mol. The van der Waals surface area contributed by atoms with Crippen molar-refractivity contribution in [2.45, 2.75) is 82.7 Å². The predicted octanol–water partition coefficient (Wildman–Crippen LogP) is 2.27. The molecule has 134 valence electrons. The molecule has 2 rings (SSSR count). The average molecular weight is 346 g/mol. The Balaban J connectivity index is 0.00000264. The van der Waals surface area contributed by atoms with Crippen molar-refractivity contribution in [2.75, 3.05) is 6.54 Å². The normalized spacial score (nSPS) is 22.0. The number of hydrogen-bond acceptors (Lipinski definition) is 3. The van der Waals surface area contributed by atoms with Crippen LogP contribution >= 0.6 is 12.4 Å².